The van der Waals surface area contributed by atoms with Crippen molar-refractivity contribution in [3.05, 3.63) is 83.9 Å². The fourth-order valence-electron chi connectivity index (χ4n) is 3.67. The Bertz CT molecular complexity index is 1250. The molecule has 1 N–H and O–H groups in total. The third-order valence-corrected chi connectivity index (χ3v) is 7.21. The van der Waals surface area contributed by atoms with E-state index in [1.54, 1.807) is 19.2 Å². The number of hydrogen-bond acceptors (Lipinski definition) is 6. The van der Waals surface area contributed by atoms with Gasteiger partial charge in [0.15, 0.2) is 11.5 Å². The lowest BCUT2D eigenvalue weighted by atomic mass is 10.2. The molecular formula is C25H27N3O5S. The maximum absolute atomic E-state index is 12.9. The number of ether oxygens (including phenoxy) is 2. The first-order valence-corrected chi connectivity index (χ1v) is 12.2. The monoisotopic (exact) mass is 481 g/mol. The SMILES string of the molecule is CN(CC(=O)Nc1ccc(S(=O)(=O)N(C)Cc2ccccc2)cc1)Cc1ccc2c(c1)OCO2. The lowest BCUT2D eigenvalue weighted by Crippen LogP contribution is -2.30. The molecule has 0 radical (unpaired) electrons. The Morgan fingerprint density at radius 1 is 0.882 bits per heavy atom. The van der Waals surface area contributed by atoms with Crippen LogP contribution < -0.4 is 14.8 Å². The van der Waals surface area contributed by atoms with Gasteiger partial charge in [-0.2, -0.15) is 4.31 Å². The topological polar surface area (TPSA) is 88.2 Å². The first-order chi connectivity index (χ1) is 16.3. The van der Waals surface area contributed by atoms with Crippen molar-refractivity contribution in [1.29, 1.82) is 0 Å². The zero-order valence-corrected chi connectivity index (χ0v) is 19.9. The molecule has 8 nitrogen and oxygen atoms in total. The fraction of sp³-hybridized carbons (Fsp3) is 0.240. The first-order valence-electron chi connectivity index (χ1n) is 10.8. The minimum Gasteiger partial charge on any atom is -0.454 e. The maximum Gasteiger partial charge on any atom is 0.243 e. The zero-order chi connectivity index (χ0) is 24.1. The second kappa shape index (κ2) is 10.3. The third-order valence-electron chi connectivity index (χ3n) is 5.40. The minimum atomic E-state index is -3.65. The predicted octanol–water partition coefficient (Wildman–Crippen LogP) is 3.31. The minimum absolute atomic E-state index is 0.170. The number of rotatable bonds is 9. The van der Waals surface area contributed by atoms with Crippen LogP contribution in [0.5, 0.6) is 11.5 Å². The Kier molecular flexibility index (Phi) is 7.16. The zero-order valence-electron chi connectivity index (χ0n) is 19.1. The van der Waals surface area contributed by atoms with Crippen molar-refractivity contribution in [2.45, 2.75) is 18.0 Å². The summed E-state index contributed by atoms with van der Waals surface area (Å²) in [5, 5.41) is 2.81. The quantitative estimate of drug-likeness (QED) is 0.505. The van der Waals surface area contributed by atoms with Gasteiger partial charge in [0.2, 0.25) is 22.7 Å². The van der Waals surface area contributed by atoms with E-state index in [0.717, 1.165) is 16.9 Å². The predicted molar refractivity (Wildman–Crippen MR) is 129 cm³/mol. The number of anilines is 1. The van der Waals surface area contributed by atoms with Crippen molar-refractivity contribution in [3.63, 3.8) is 0 Å². The van der Waals surface area contributed by atoms with Crippen molar-refractivity contribution < 1.29 is 22.7 Å². The van der Waals surface area contributed by atoms with Crippen LogP contribution in [0.1, 0.15) is 11.1 Å². The van der Waals surface area contributed by atoms with E-state index >= 15 is 0 Å². The number of likely N-dealkylation sites (N-methyl/N-ethyl adjacent to an activating group) is 1. The molecule has 0 bridgehead atoms. The van der Waals surface area contributed by atoms with Gasteiger partial charge in [-0.05, 0) is 54.6 Å². The van der Waals surface area contributed by atoms with E-state index in [-0.39, 0.29) is 30.7 Å². The van der Waals surface area contributed by atoms with Crippen molar-refractivity contribution in [2.75, 3.05) is 32.7 Å². The van der Waals surface area contributed by atoms with Crippen LogP contribution in [0.2, 0.25) is 0 Å². The van der Waals surface area contributed by atoms with E-state index in [1.165, 1.54) is 16.4 Å². The van der Waals surface area contributed by atoms with E-state index in [1.807, 2.05) is 60.5 Å². The summed E-state index contributed by atoms with van der Waals surface area (Å²) in [5.41, 5.74) is 2.45. The standard InChI is InChI=1S/C25H27N3O5S/c1-27(15-20-8-13-23-24(14-20)33-18-32-23)17-25(29)26-21-9-11-22(12-10-21)34(30,31)28(2)16-19-6-4-3-5-7-19/h3-14H,15-18H2,1-2H3,(H,26,29). The Labute approximate surface area is 199 Å². The number of benzene rings is 3. The van der Waals surface area contributed by atoms with Gasteiger partial charge in [-0.1, -0.05) is 36.4 Å². The molecule has 1 aliphatic heterocycles. The van der Waals surface area contributed by atoms with Gasteiger partial charge in [0.25, 0.3) is 0 Å². The molecule has 1 heterocycles. The summed E-state index contributed by atoms with van der Waals surface area (Å²) in [6.45, 7) is 1.24. The molecule has 1 aliphatic rings. The average molecular weight is 482 g/mol. The van der Waals surface area contributed by atoms with Gasteiger partial charge in [-0.15, -0.1) is 0 Å². The van der Waals surface area contributed by atoms with Gasteiger partial charge in [-0.3, -0.25) is 9.69 Å². The van der Waals surface area contributed by atoms with Crippen LogP contribution in [0.15, 0.2) is 77.7 Å². The molecule has 34 heavy (non-hydrogen) atoms. The molecule has 0 atom stereocenters. The maximum atomic E-state index is 12.9. The van der Waals surface area contributed by atoms with Crippen LogP contribution in [0, 0.1) is 0 Å². The molecular weight excluding hydrogens is 454 g/mol. The van der Waals surface area contributed by atoms with Crippen LogP contribution in [0.4, 0.5) is 5.69 Å². The van der Waals surface area contributed by atoms with Crippen LogP contribution in [0.25, 0.3) is 0 Å². The molecule has 1 amide bonds. The van der Waals surface area contributed by atoms with E-state index < -0.39 is 10.0 Å². The number of nitrogens with one attached hydrogen (secondary N) is 1. The highest BCUT2D eigenvalue weighted by molar-refractivity contribution is 7.89. The second-order valence-electron chi connectivity index (χ2n) is 8.18. The van der Waals surface area contributed by atoms with Crippen molar-refractivity contribution in [1.82, 2.24) is 9.21 Å². The second-order valence-corrected chi connectivity index (χ2v) is 10.2. The highest BCUT2D eigenvalue weighted by Gasteiger charge is 2.21. The Balaban J connectivity index is 1.31. The van der Waals surface area contributed by atoms with Crippen LogP contribution in [-0.2, 0) is 27.9 Å². The third kappa shape index (κ3) is 5.74. The number of hydrogen-bond donors (Lipinski definition) is 1. The Morgan fingerprint density at radius 3 is 2.32 bits per heavy atom. The smallest absolute Gasteiger partial charge is 0.243 e. The molecule has 0 saturated carbocycles. The van der Waals surface area contributed by atoms with Crippen molar-refractivity contribution >= 4 is 21.6 Å². The summed E-state index contributed by atoms with van der Waals surface area (Å²) < 4.78 is 37.8. The number of amides is 1. The molecule has 0 fully saturated rings. The number of sulfonamides is 1. The van der Waals surface area contributed by atoms with Crippen molar-refractivity contribution in [2.24, 2.45) is 0 Å². The van der Waals surface area contributed by atoms with Gasteiger partial charge < -0.3 is 14.8 Å². The van der Waals surface area contributed by atoms with E-state index in [0.29, 0.717) is 18.0 Å². The molecule has 0 saturated heterocycles. The lowest BCUT2D eigenvalue weighted by molar-refractivity contribution is -0.117. The van der Waals surface area contributed by atoms with E-state index in [9.17, 15) is 13.2 Å². The molecule has 0 aromatic heterocycles. The van der Waals surface area contributed by atoms with Gasteiger partial charge >= 0.3 is 0 Å². The van der Waals surface area contributed by atoms with Gasteiger partial charge in [0, 0.05) is 25.8 Å². The Morgan fingerprint density at radius 2 is 1.59 bits per heavy atom. The molecule has 0 spiro atoms. The molecule has 9 heteroatoms. The van der Waals surface area contributed by atoms with Crippen LogP contribution in [0.3, 0.4) is 0 Å². The summed E-state index contributed by atoms with van der Waals surface area (Å²) >= 11 is 0. The first kappa shape index (κ1) is 23.7. The van der Waals surface area contributed by atoms with E-state index in [2.05, 4.69) is 5.32 Å². The number of nitrogens with zero attached hydrogens (tertiary/aromatic N) is 2. The number of carbonyl (C=O) groups is 1. The summed E-state index contributed by atoms with van der Waals surface area (Å²) in [4.78, 5) is 14.5. The van der Waals surface area contributed by atoms with Crippen LogP contribution in [-0.4, -0.2) is 51.0 Å². The molecule has 178 valence electrons. The normalized spacial score (nSPS) is 12.8. The number of fused-ring (bicyclic) bond motifs is 1. The summed E-state index contributed by atoms with van der Waals surface area (Å²) in [6.07, 6.45) is 0. The highest BCUT2D eigenvalue weighted by Crippen LogP contribution is 2.32. The van der Waals surface area contributed by atoms with Gasteiger partial charge in [-0.25, -0.2) is 8.42 Å². The molecule has 3 aromatic carbocycles. The lowest BCUT2D eigenvalue weighted by Gasteiger charge is -2.18. The Hall–Kier alpha value is -3.40. The molecule has 0 aliphatic carbocycles. The number of carbonyl (C=O) groups excluding carboxylic acids is 1. The van der Waals surface area contributed by atoms with E-state index in [4.69, 9.17) is 9.47 Å². The summed E-state index contributed by atoms with van der Waals surface area (Å²) in [6, 6.07) is 21.3. The summed E-state index contributed by atoms with van der Waals surface area (Å²) in [7, 11) is -0.248. The van der Waals surface area contributed by atoms with Crippen molar-refractivity contribution in [3.8, 4) is 11.5 Å². The molecule has 4 rings (SSSR count). The van der Waals surface area contributed by atoms with Crippen LogP contribution >= 0.6 is 0 Å². The fourth-order valence-corrected chi connectivity index (χ4v) is 4.83. The van der Waals surface area contributed by atoms with Gasteiger partial charge in [0.05, 0.1) is 11.4 Å². The molecule has 3 aromatic rings. The average Bonchev–Trinajstić information content (AvgIpc) is 3.28. The highest BCUT2D eigenvalue weighted by atomic mass is 32.2. The molecule has 0 unspecified atom stereocenters. The summed E-state index contributed by atoms with van der Waals surface area (Å²) in [5.74, 6) is 1.24. The van der Waals surface area contributed by atoms with Gasteiger partial charge in [0.1, 0.15) is 0 Å². The largest absolute Gasteiger partial charge is 0.454 e.